The van der Waals surface area contributed by atoms with Crippen molar-refractivity contribution in [1.82, 2.24) is 4.90 Å². The number of halogens is 1. The van der Waals surface area contributed by atoms with Crippen LogP contribution >= 0.6 is 11.6 Å². The average Bonchev–Trinajstić information content (AvgIpc) is 2.08. The number of allylic oxidation sites excluding steroid dienone is 2. The SMILES string of the molecule is CCN1C=C(Cl)C=C([N+](=O)[O-])C1O. The molecule has 1 heterocycles. The molecule has 0 spiro atoms. The van der Waals surface area contributed by atoms with E-state index in [4.69, 9.17) is 11.6 Å². The van der Waals surface area contributed by atoms with E-state index in [-0.39, 0.29) is 10.7 Å². The second-order valence-corrected chi connectivity index (χ2v) is 2.98. The van der Waals surface area contributed by atoms with Gasteiger partial charge in [-0.05, 0) is 6.92 Å². The lowest BCUT2D eigenvalue weighted by atomic mass is 10.2. The van der Waals surface area contributed by atoms with E-state index in [9.17, 15) is 15.2 Å². The van der Waals surface area contributed by atoms with E-state index in [1.54, 1.807) is 6.92 Å². The van der Waals surface area contributed by atoms with Crippen LogP contribution in [0.25, 0.3) is 0 Å². The Labute approximate surface area is 80.1 Å². The molecule has 0 saturated carbocycles. The van der Waals surface area contributed by atoms with Gasteiger partial charge in [-0.1, -0.05) is 11.6 Å². The van der Waals surface area contributed by atoms with Gasteiger partial charge < -0.3 is 10.0 Å². The molecule has 0 aromatic rings. The van der Waals surface area contributed by atoms with Crippen molar-refractivity contribution in [3.63, 3.8) is 0 Å². The summed E-state index contributed by atoms with van der Waals surface area (Å²) in [6, 6.07) is 0. The molecule has 0 bridgehead atoms. The van der Waals surface area contributed by atoms with Crippen molar-refractivity contribution in [1.29, 1.82) is 0 Å². The third-order valence-corrected chi connectivity index (χ3v) is 1.94. The molecule has 0 aromatic carbocycles. The van der Waals surface area contributed by atoms with Crippen LogP contribution in [0.3, 0.4) is 0 Å². The molecule has 0 radical (unpaired) electrons. The van der Waals surface area contributed by atoms with Gasteiger partial charge in [0.05, 0.1) is 9.96 Å². The maximum absolute atomic E-state index is 10.4. The lowest BCUT2D eigenvalue weighted by Gasteiger charge is -2.25. The fourth-order valence-electron chi connectivity index (χ4n) is 1.06. The van der Waals surface area contributed by atoms with Gasteiger partial charge in [0.1, 0.15) is 0 Å². The summed E-state index contributed by atoms with van der Waals surface area (Å²) < 4.78 is 0. The average molecular weight is 205 g/mol. The Balaban J connectivity index is 2.97. The van der Waals surface area contributed by atoms with Crippen LogP contribution in [0, 0.1) is 10.1 Å². The van der Waals surface area contributed by atoms with Crippen LogP contribution in [0.4, 0.5) is 0 Å². The minimum Gasteiger partial charge on any atom is -0.364 e. The minimum atomic E-state index is -1.21. The summed E-state index contributed by atoms with van der Waals surface area (Å²) in [5.41, 5.74) is -0.297. The van der Waals surface area contributed by atoms with Gasteiger partial charge in [-0.2, -0.15) is 0 Å². The highest BCUT2D eigenvalue weighted by atomic mass is 35.5. The van der Waals surface area contributed by atoms with E-state index in [0.717, 1.165) is 6.08 Å². The largest absolute Gasteiger partial charge is 0.364 e. The van der Waals surface area contributed by atoms with E-state index in [0.29, 0.717) is 6.54 Å². The highest BCUT2D eigenvalue weighted by molar-refractivity contribution is 6.31. The van der Waals surface area contributed by atoms with Gasteiger partial charge in [-0.25, -0.2) is 0 Å². The summed E-state index contributed by atoms with van der Waals surface area (Å²) in [6.45, 7) is 2.23. The molecule has 1 unspecified atom stereocenters. The molecule has 0 aliphatic carbocycles. The van der Waals surface area contributed by atoms with Gasteiger partial charge in [0.25, 0.3) is 5.70 Å². The van der Waals surface area contributed by atoms with Crippen LogP contribution in [0.15, 0.2) is 23.0 Å². The Kier molecular flexibility index (Phi) is 2.90. The molecule has 1 aliphatic rings. The van der Waals surface area contributed by atoms with E-state index in [1.165, 1.54) is 11.1 Å². The molecule has 0 fully saturated rings. The third kappa shape index (κ3) is 1.99. The summed E-state index contributed by atoms with van der Waals surface area (Å²) in [6.07, 6.45) is 1.42. The first-order valence-electron chi connectivity index (χ1n) is 3.73. The van der Waals surface area contributed by atoms with Gasteiger partial charge >= 0.3 is 0 Å². The first-order chi connectivity index (χ1) is 6.06. The molecular weight excluding hydrogens is 196 g/mol. The molecule has 0 saturated heterocycles. The third-order valence-electron chi connectivity index (χ3n) is 1.73. The van der Waals surface area contributed by atoms with Crippen LogP contribution in [0.1, 0.15) is 6.92 Å². The molecule has 0 amide bonds. The first-order valence-corrected chi connectivity index (χ1v) is 4.11. The van der Waals surface area contributed by atoms with Crippen molar-refractivity contribution in [2.75, 3.05) is 6.54 Å². The Morgan fingerprint density at radius 3 is 2.92 bits per heavy atom. The number of likely N-dealkylation sites (N-methyl/N-ethyl adjacent to an activating group) is 1. The predicted molar refractivity (Wildman–Crippen MR) is 47.4 cm³/mol. The van der Waals surface area contributed by atoms with E-state index in [1.807, 2.05) is 0 Å². The van der Waals surface area contributed by atoms with Crippen molar-refractivity contribution in [3.05, 3.63) is 33.1 Å². The van der Waals surface area contributed by atoms with Crippen LogP contribution in [-0.2, 0) is 0 Å². The number of rotatable bonds is 2. The maximum atomic E-state index is 10.4. The topological polar surface area (TPSA) is 66.6 Å². The fraction of sp³-hybridized carbons (Fsp3) is 0.429. The molecule has 0 aromatic heterocycles. The lowest BCUT2D eigenvalue weighted by molar-refractivity contribution is -0.441. The van der Waals surface area contributed by atoms with Gasteiger partial charge in [-0.15, -0.1) is 0 Å². The van der Waals surface area contributed by atoms with Crippen LogP contribution in [0.5, 0.6) is 0 Å². The summed E-state index contributed by atoms with van der Waals surface area (Å²) >= 11 is 5.62. The normalized spacial score (nSPS) is 22.4. The van der Waals surface area contributed by atoms with E-state index >= 15 is 0 Å². The van der Waals surface area contributed by atoms with Crippen molar-refractivity contribution >= 4 is 11.6 Å². The standard InChI is InChI=1S/C7H9ClN2O3/c1-2-9-4-5(8)3-6(7(9)11)10(12)13/h3-4,7,11H,2H2,1H3. The molecule has 6 heteroatoms. The number of hydrogen-bond donors (Lipinski definition) is 1. The van der Waals surface area contributed by atoms with Crippen LogP contribution in [0.2, 0.25) is 0 Å². The van der Waals surface area contributed by atoms with Crippen molar-refractivity contribution in [2.24, 2.45) is 0 Å². The summed E-state index contributed by atoms with van der Waals surface area (Å²) in [7, 11) is 0. The smallest absolute Gasteiger partial charge is 0.296 e. The second kappa shape index (κ2) is 3.76. The van der Waals surface area contributed by atoms with E-state index < -0.39 is 11.2 Å². The van der Waals surface area contributed by atoms with Crippen molar-refractivity contribution < 1.29 is 10.0 Å². The van der Waals surface area contributed by atoms with Gasteiger partial charge in [0.15, 0.2) is 0 Å². The summed E-state index contributed by atoms with van der Waals surface area (Å²) in [5, 5.41) is 20.1. The Bertz CT molecular complexity index is 287. The molecule has 1 aliphatic heterocycles. The zero-order chi connectivity index (χ0) is 10.0. The number of nitro groups is 1. The zero-order valence-electron chi connectivity index (χ0n) is 6.98. The Hall–Kier alpha value is -1.07. The maximum Gasteiger partial charge on any atom is 0.296 e. The number of hydrogen-bond acceptors (Lipinski definition) is 4. The molecule has 5 nitrogen and oxygen atoms in total. The molecule has 1 rings (SSSR count). The number of nitrogens with zero attached hydrogens (tertiary/aromatic N) is 2. The lowest BCUT2D eigenvalue weighted by Crippen LogP contribution is -2.36. The molecule has 1 N–H and O–H groups in total. The number of aliphatic hydroxyl groups excluding tert-OH is 1. The van der Waals surface area contributed by atoms with Gasteiger partial charge in [0, 0.05) is 18.8 Å². The highest BCUT2D eigenvalue weighted by Crippen LogP contribution is 2.21. The summed E-state index contributed by atoms with van der Waals surface area (Å²) in [4.78, 5) is 11.2. The van der Waals surface area contributed by atoms with E-state index in [2.05, 4.69) is 0 Å². The molecule has 1 atom stereocenters. The van der Waals surface area contributed by atoms with Crippen molar-refractivity contribution in [3.8, 4) is 0 Å². The summed E-state index contributed by atoms with van der Waals surface area (Å²) in [5.74, 6) is 0. The van der Waals surface area contributed by atoms with Gasteiger partial charge in [-0.3, -0.25) is 10.1 Å². The molecule has 72 valence electrons. The fourth-order valence-corrected chi connectivity index (χ4v) is 1.30. The van der Waals surface area contributed by atoms with Crippen molar-refractivity contribution in [2.45, 2.75) is 13.2 Å². The Morgan fingerprint density at radius 2 is 2.46 bits per heavy atom. The molecule has 13 heavy (non-hydrogen) atoms. The Morgan fingerprint density at radius 1 is 1.85 bits per heavy atom. The van der Waals surface area contributed by atoms with Crippen LogP contribution in [-0.4, -0.2) is 27.7 Å². The highest BCUT2D eigenvalue weighted by Gasteiger charge is 2.29. The predicted octanol–water partition coefficient (Wildman–Crippen LogP) is 0.881. The first kappa shape index (κ1) is 10.0. The monoisotopic (exact) mass is 204 g/mol. The zero-order valence-corrected chi connectivity index (χ0v) is 7.73. The molecular formula is C7H9ClN2O3. The quantitative estimate of drug-likeness (QED) is 0.536. The minimum absolute atomic E-state index is 0.249. The second-order valence-electron chi connectivity index (χ2n) is 2.54. The van der Waals surface area contributed by atoms with Gasteiger partial charge in [0.2, 0.25) is 6.23 Å². The number of aliphatic hydroxyl groups is 1. The van der Waals surface area contributed by atoms with Crippen LogP contribution < -0.4 is 0 Å².